The molecule has 0 saturated carbocycles. The molecule has 0 bridgehead atoms. The molecule has 0 aliphatic rings. The molecule has 5 aromatic heterocycles. The summed E-state index contributed by atoms with van der Waals surface area (Å²) in [6.45, 7) is 0. The van der Waals surface area contributed by atoms with Crippen LogP contribution in [0.4, 0.5) is 0 Å². The Morgan fingerprint density at radius 1 is 0.373 bits per heavy atom. The van der Waals surface area contributed by atoms with E-state index in [4.69, 9.17) is 9.97 Å². The van der Waals surface area contributed by atoms with E-state index in [1.807, 2.05) is 18.5 Å². The number of pyridine rings is 2. The third-order valence-corrected chi connectivity index (χ3v) is 10.3. The van der Waals surface area contributed by atoms with Crippen LogP contribution in [0.15, 0.2) is 176 Å². The first-order valence-electron chi connectivity index (χ1n) is 17.3. The van der Waals surface area contributed by atoms with Crippen LogP contribution in [0.1, 0.15) is 0 Å². The van der Waals surface area contributed by atoms with Crippen molar-refractivity contribution in [1.29, 1.82) is 0 Å². The van der Waals surface area contributed by atoms with Crippen LogP contribution in [0.2, 0.25) is 0 Å². The van der Waals surface area contributed by atoms with Crippen molar-refractivity contribution < 1.29 is 0 Å². The Kier molecular flexibility index (Phi) is 5.89. The van der Waals surface area contributed by atoms with Crippen molar-refractivity contribution in [3.05, 3.63) is 176 Å². The van der Waals surface area contributed by atoms with Crippen LogP contribution in [0.5, 0.6) is 0 Å². The minimum Gasteiger partial charge on any atom is -0.309 e. The summed E-state index contributed by atoms with van der Waals surface area (Å²) < 4.78 is 6.99. The second-order valence-corrected chi connectivity index (χ2v) is 13.1. The molecule has 238 valence electrons. The highest BCUT2D eigenvalue weighted by Gasteiger charge is 2.20. The summed E-state index contributed by atoms with van der Waals surface area (Å²) in [6.07, 6.45) is 3.87. The van der Waals surface area contributed by atoms with E-state index >= 15 is 0 Å². The molecule has 0 N–H and O–H groups in total. The Morgan fingerprint density at radius 2 is 0.941 bits per heavy atom. The van der Waals surface area contributed by atoms with Gasteiger partial charge in [0.25, 0.3) is 0 Å². The van der Waals surface area contributed by atoms with Crippen LogP contribution in [0.25, 0.3) is 93.9 Å². The number of hydrogen-bond donors (Lipinski definition) is 0. The largest absolute Gasteiger partial charge is 0.309 e. The van der Waals surface area contributed by atoms with E-state index in [-0.39, 0.29) is 0 Å². The lowest BCUT2D eigenvalue weighted by Gasteiger charge is -2.15. The monoisotopic (exact) mass is 651 g/mol. The number of rotatable bonds is 4. The average molecular weight is 652 g/mol. The van der Waals surface area contributed by atoms with E-state index in [0.29, 0.717) is 0 Å². The number of nitrogens with zero attached hydrogens (tertiary/aromatic N) is 5. The Balaban J connectivity index is 1.13. The van der Waals surface area contributed by atoms with Crippen molar-refractivity contribution in [1.82, 2.24) is 23.7 Å². The van der Waals surface area contributed by atoms with Gasteiger partial charge in [-0.1, -0.05) is 103 Å². The highest BCUT2D eigenvalue weighted by atomic mass is 15.1. The fourth-order valence-corrected chi connectivity index (χ4v) is 8.19. The van der Waals surface area contributed by atoms with E-state index in [2.05, 4.69) is 171 Å². The standard InChI is InChI=1S/C46H29N5/c1-6-20-39(33(15-1)30-13-11-14-31(27-30)49-40-21-7-2-16-34(40)35-17-3-8-22-41(35)49)51-42-23-9-4-18-36(42)38-28-32(29-48-46(38)51)50-43-24-10-5-19-37(43)45-44(50)25-12-26-47-45/h1-29H. The second-order valence-electron chi connectivity index (χ2n) is 13.1. The van der Waals surface area contributed by atoms with Crippen LogP contribution in [-0.4, -0.2) is 23.7 Å². The molecule has 0 saturated heterocycles. The van der Waals surface area contributed by atoms with Gasteiger partial charge >= 0.3 is 0 Å². The zero-order valence-electron chi connectivity index (χ0n) is 27.5. The molecule has 0 radical (unpaired) electrons. The molecular formula is C46H29N5. The van der Waals surface area contributed by atoms with Crippen molar-refractivity contribution in [3.8, 4) is 28.2 Å². The zero-order chi connectivity index (χ0) is 33.5. The number of aromatic nitrogens is 5. The van der Waals surface area contributed by atoms with Crippen molar-refractivity contribution in [2.45, 2.75) is 0 Å². The van der Waals surface area contributed by atoms with Gasteiger partial charge in [0, 0.05) is 44.4 Å². The van der Waals surface area contributed by atoms with Gasteiger partial charge in [-0.15, -0.1) is 0 Å². The molecule has 0 aliphatic heterocycles. The van der Waals surface area contributed by atoms with Crippen LogP contribution in [-0.2, 0) is 0 Å². The van der Waals surface area contributed by atoms with E-state index < -0.39 is 0 Å². The summed E-state index contributed by atoms with van der Waals surface area (Å²) >= 11 is 0. The topological polar surface area (TPSA) is 40.6 Å². The molecule has 0 atom stereocenters. The van der Waals surface area contributed by atoms with Gasteiger partial charge in [-0.25, -0.2) is 4.98 Å². The molecule has 6 aromatic carbocycles. The Morgan fingerprint density at radius 3 is 1.69 bits per heavy atom. The molecule has 11 rings (SSSR count). The lowest BCUT2D eigenvalue weighted by molar-refractivity contribution is 1.11. The van der Waals surface area contributed by atoms with E-state index in [9.17, 15) is 0 Å². The number of hydrogen-bond acceptors (Lipinski definition) is 2. The normalized spacial score (nSPS) is 11.9. The Labute approximate surface area is 292 Å². The third-order valence-electron chi connectivity index (χ3n) is 10.3. The molecular weight excluding hydrogens is 623 g/mol. The van der Waals surface area contributed by atoms with E-state index in [0.717, 1.165) is 72.1 Å². The van der Waals surface area contributed by atoms with Gasteiger partial charge in [0.2, 0.25) is 0 Å². The van der Waals surface area contributed by atoms with Gasteiger partial charge in [0.1, 0.15) is 5.65 Å². The van der Waals surface area contributed by atoms with Gasteiger partial charge in [-0.3, -0.25) is 9.55 Å². The maximum absolute atomic E-state index is 5.24. The molecule has 0 aliphatic carbocycles. The first-order chi connectivity index (χ1) is 25.3. The maximum atomic E-state index is 5.24. The van der Waals surface area contributed by atoms with Crippen molar-refractivity contribution in [2.24, 2.45) is 0 Å². The fourth-order valence-electron chi connectivity index (χ4n) is 8.19. The minimum atomic E-state index is 0.921. The molecule has 0 spiro atoms. The molecule has 0 fully saturated rings. The predicted molar refractivity (Wildman–Crippen MR) is 210 cm³/mol. The lowest BCUT2D eigenvalue weighted by Crippen LogP contribution is -2.00. The Bertz CT molecular complexity index is 3050. The highest BCUT2D eigenvalue weighted by Crippen LogP contribution is 2.39. The highest BCUT2D eigenvalue weighted by molar-refractivity contribution is 6.11. The van der Waals surface area contributed by atoms with Gasteiger partial charge in [-0.2, -0.15) is 0 Å². The van der Waals surface area contributed by atoms with Gasteiger partial charge < -0.3 is 9.13 Å². The summed E-state index contributed by atoms with van der Waals surface area (Å²) in [5.74, 6) is 0. The second kappa shape index (κ2) is 10.8. The van der Waals surface area contributed by atoms with Crippen molar-refractivity contribution >= 4 is 65.7 Å². The van der Waals surface area contributed by atoms with Crippen LogP contribution >= 0.6 is 0 Å². The van der Waals surface area contributed by atoms with E-state index in [1.165, 1.54) is 21.8 Å². The first kappa shape index (κ1) is 27.9. The summed E-state index contributed by atoms with van der Waals surface area (Å²) in [4.78, 5) is 10.00. The predicted octanol–water partition coefficient (Wildman–Crippen LogP) is 11.4. The third kappa shape index (κ3) is 4.03. The summed E-state index contributed by atoms with van der Waals surface area (Å²) in [5.41, 5.74) is 13.1. The van der Waals surface area contributed by atoms with Gasteiger partial charge in [0.15, 0.2) is 0 Å². The molecule has 5 heteroatoms. The Hall–Kier alpha value is -6.98. The summed E-state index contributed by atoms with van der Waals surface area (Å²) in [6, 6.07) is 58.4. The quantitative estimate of drug-likeness (QED) is 0.190. The number of para-hydroxylation sites is 5. The van der Waals surface area contributed by atoms with Crippen LogP contribution in [0, 0.1) is 0 Å². The SMILES string of the molecule is c1cc(-c2ccccc2-n2c3ccccc3c3cc(-n4c5ccccc5c5ncccc54)cnc32)cc(-n2c3ccccc3c3ccccc32)c1. The lowest BCUT2D eigenvalue weighted by atomic mass is 10.0. The molecule has 5 nitrogen and oxygen atoms in total. The van der Waals surface area contributed by atoms with Gasteiger partial charge in [0.05, 0.1) is 50.7 Å². The summed E-state index contributed by atoms with van der Waals surface area (Å²) in [5, 5.41) is 5.91. The molecule has 0 amide bonds. The molecule has 5 heterocycles. The molecule has 11 aromatic rings. The van der Waals surface area contributed by atoms with Crippen molar-refractivity contribution in [2.75, 3.05) is 0 Å². The van der Waals surface area contributed by atoms with Crippen LogP contribution in [0.3, 0.4) is 0 Å². The smallest absolute Gasteiger partial charge is 0.145 e. The number of fused-ring (bicyclic) bond motifs is 9. The average Bonchev–Trinajstić information content (AvgIpc) is 3.84. The van der Waals surface area contributed by atoms with Crippen LogP contribution < -0.4 is 0 Å². The van der Waals surface area contributed by atoms with E-state index in [1.54, 1.807) is 0 Å². The minimum absolute atomic E-state index is 0.921. The summed E-state index contributed by atoms with van der Waals surface area (Å²) in [7, 11) is 0. The maximum Gasteiger partial charge on any atom is 0.145 e. The molecule has 51 heavy (non-hydrogen) atoms. The first-order valence-corrected chi connectivity index (χ1v) is 17.3. The zero-order valence-corrected chi connectivity index (χ0v) is 27.5. The molecule has 0 unspecified atom stereocenters. The van der Waals surface area contributed by atoms with Crippen molar-refractivity contribution in [3.63, 3.8) is 0 Å². The fraction of sp³-hybridized carbons (Fsp3) is 0. The number of benzene rings is 6. The van der Waals surface area contributed by atoms with Gasteiger partial charge in [-0.05, 0) is 66.2 Å².